The van der Waals surface area contributed by atoms with Crippen molar-refractivity contribution in [3.63, 3.8) is 0 Å². The predicted molar refractivity (Wildman–Crippen MR) is 73.5 cm³/mol. The van der Waals surface area contributed by atoms with Crippen LogP contribution in [0.1, 0.15) is 37.8 Å². The maximum atomic E-state index is 5.74. The monoisotopic (exact) mass is 257 g/mol. The first-order chi connectivity index (χ1) is 8.17. The molecule has 0 fully saturated rings. The summed E-state index contributed by atoms with van der Waals surface area (Å²) in [5.74, 6) is 0. The number of ether oxygens (including phenoxy) is 1. The fourth-order valence-corrected chi connectivity index (χ4v) is 2.87. The average Bonchev–Trinajstić information content (AvgIpc) is 2.73. The van der Waals surface area contributed by atoms with Gasteiger partial charge in [0.15, 0.2) is 5.13 Å². The molecule has 5 heteroatoms. The molecule has 98 valence electrons. The fraction of sp³-hybridized carbons (Fsp3) is 0.750. The first-order valence-corrected chi connectivity index (χ1v) is 6.93. The van der Waals surface area contributed by atoms with Gasteiger partial charge in [0.1, 0.15) is 0 Å². The lowest BCUT2D eigenvalue weighted by Crippen LogP contribution is -2.32. The fourth-order valence-electron chi connectivity index (χ4n) is 1.76. The third-order valence-electron chi connectivity index (χ3n) is 2.94. The van der Waals surface area contributed by atoms with Gasteiger partial charge in [-0.15, -0.1) is 11.3 Å². The maximum Gasteiger partial charge on any atom is 0.186 e. The number of hydrogen-bond acceptors (Lipinski definition) is 5. The van der Waals surface area contributed by atoms with E-state index in [1.54, 1.807) is 18.4 Å². The van der Waals surface area contributed by atoms with E-state index in [9.17, 15) is 0 Å². The third kappa shape index (κ3) is 3.40. The molecule has 0 aliphatic carbocycles. The molecule has 4 nitrogen and oxygen atoms in total. The van der Waals surface area contributed by atoms with Gasteiger partial charge in [0.25, 0.3) is 0 Å². The van der Waals surface area contributed by atoms with Crippen molar-refractivity contribution < 1.29 is 4.74 Å². The van der Waals surface area contributed by atoms with Gasteiger partial charge in [-0.3, -0.25) is 0 Å². The molecule has 1 rings (SSSR count). The smallest absolute Gasteiger partial charge is 0.186 e. The Morgan fingerprint density at radius 2 is 2.18 bits per heavy atom. The van der Waals surface area contributed by atoms with Crippen molar-refractivity contribution in [1.82, 2.24) is 4.98 Å². The van der Waals surface area contributed by atoms with Crippen molar-refractivity contribution in [3.05, 3.63) is 10.6 Å². The number of anilines is 1. The second-order valence-corrected chi connectivity index (χ2v) is 5.11. The van der Waals surface area contributed by atoms with Crippen LogP contribution in [0, 0.1) is 0 Å². The predicted octanol–water partition coefficient (Wildman–Crippen LogP) is 2.37. The van der Waals surface area contributed by atoms with E-state index in [-0.39, 0.29) is 0 Å². The van der Waals surface area contributed by atoms with E-state index < -0.39 is 0 Å². The Morgan fingerprint density at radius 1 is 1.47 bits per heavy atom. The molecule has 1 heterocycles. The van der Waals surface area contributed by atoms with Gasteiger partial charge in [-0.2, -0.15) is 0 Å². The largest absolute Gasteiger partial charge is 0.378 e. The Kier molecular flexibility index (Phi) is 5.88. The van der Waals surface area contributed by atoms with Crippen molar-refractivity contribution >= 4 is 16.5 Å². The number of nitrogens with zero attached hydrogens (tertiary/aromatic N) is 2. The van der Waals surface area contributed by atoms with Gasteiger partial charge >= 0.3 is 0 Å². The molecule has 17 heavy (non-hydrogen) atoms. The van der Waals surface area contributed by atoms with Gasteiger partial charge < -0.3 is 15.4 Å². The molecule has 0 bridgehead atoms. The minimum absolute atomic E-state index is 0.507. The zero-order valence-corrected chi connectivity index (χ0v) is 12.0. The summed E-state index contributed by atoms with van der Waals surface area (Å²) >= 11 is 1.69. The van der Waals surface area contributed by atoms with Gasteiger partial charge in [-0.05, 0) is 20.3 Å². The molecule has 0 saturated carbocycles. The quantitative estimate of drug-likeness (QED) is 0.815. The van der Waals surface area contributed by atoms with E-state index in [0.29, 0.717) is 19.2 Å². The highest BCUT2D eigenvalue weighted by molar-refractivity contribution is 7.15. The molecule has 2 N–H and O–H groups in total. The van der Waals surface area contributed by atoms with Crippen LogP contribution in [0.4, 0.5) is 5.13 Å². The molecule has 0 aromatic carbocycles. The second-order valence-electron chi connectivity index (χ2n) is 4.05. The number of thiazole rings is 1. The van der Waals surface area contributed by atoms with Crippen LogP contribution in [0.5, 0.6) is 0 Å². The Hall–Kier alpha value is -0.650. The van der Waals surface area contributed by atoms with Crippen LogP contribution < -0.4 is 10.6 Å². The molecule has 1 unspecified atom stereocenters. The van der Waals surface area contributed by atoms with Gasteiger partial charge in [0.05, 0.1) is 12.3 Å². The number of methoxy groups -OCH3 is 1. The number of rotatable bonds is 7. The van der Waals surface area contributed by atoms with Gasteiger partial charge in [-0.25, -0.2) is 4.98 Å². The average molecular weight is 257 g/mol. The molecular formula is C12H23N3OS. The first-order valence-electron chi connectivity index (χ1n) is 6.12. The Balaban J connectivity index is 2.96. The lowest BCUT2D eigenvalue weighted by molar-refractivity contribution is 0.181. The SMILES string of the molecule is CCC(C)N(CC)c1nc(COC)c(CN)s1. The highest BCUT2D eigenvalue weighted by Gasteiger charge is 2.17. The zero-order valence-electron chi connectivity index (χ0n) is 11.2. The van der Waals surface area contributed by atoms with Crippen LogP contribution in [0.25, 0.3) is 0 Å². The van der Waals surface area contributed by atoms with E-state index in [1.165, 1.54) is 0 Å². The van der Waals surface area contributed by atoms with Crippen LogP contribution in [-0.4, -0.2) is 24.7 Å². The summed E-state index contributed by atoms with van der Waals surface area (Å²) in [7, 11) is 1.69. The van der Waals surface area contributed by atoms with Crippen LogP contribution in [0.3, 0.4) is 0 Å². The zero-order chi connectivity index (χ0) is 12.8. The Bertz CT molecular complexity index is 340. The molecular weight excluding hydrogens is 234 g/mol. The summed E-state index contributed by atoms with van der Waals surface area (Å²) in [5.41, 5.74) is 6.72. The Labute approximate surface area is 108 Å². The van der Waals surface area contributed by atoms with Crippen LogP contribution in [0.15, 0.2) is 0 Å². The standard InChI is InChI=1S/C12H23N3OS/c1-5-9(3)15(6-2)12-14-10(8-16-4)11(7-13)17-12/h9H,5-8,13H2,1-4H3. The molecule has 0 saturated heterocycles. The topological polar surface area (TPSA) is 51.4 Å². The summed E-state index contributed by atoms with van der Waals surface area (Å²) in [6.07, 6.45) is 1.12. The van der Waals surface area contributed by atoms with E-state index >= 15 is 0 Å². The van der Waals surface area contributed by atoms with E-state index in [0.717, 1.165) is 28.7 Å². The summed E-state index contributed by atoms with van der Waals surface area (Å²) in [6, 6.07) is 0.507. The van der Waals surface area contributed by atoms with Crippen molar-refractivity contribution in [1.29, 1.82) is 0 Å². The summed E-state index contributed by atoms with van der Waals surface area (Å²) in [5, 5.41) is 1.06. The van der Waals surface area contributed by atoms with Crippen molar-refractivity contribution in [3.8, 4) is 0 Å². The molecule has 0 radical (unpaired) electrons. The minimum Gasteiger partial charge on any atom is -0.378 e. The number of nitrogens with two attached hydrogens (primary N) is 1. The van der Waals surface area contributed by atoms with Crippen LogP contribution in [0.2, 0.25) is 0 Å². The molecule has 1 aromatic rings. The molecule has 0 aliphatic rings. The first kappa shape index (κ1) is 14.4. The van der Waals surface area contributed by atoms with Crippen LogP contribution >= 0.6 is 11.3 Å². The summed E-state index contributed by atoms with van der Waals surface area (Å²) in [4.78, 5) is 8.10. The number of aromatic nitrogens is 1. The maximum absolute atomic E-state index is 5.74. The number of hydrogen-bond donors (Lipinski definition) is 1. The molecule has 0 amide bonds. The summed E-state index contributed by atoms with van der Waals surface area (Å²) in [6.45, 7) is 8.63. The minimum atomic E-state index is 0.507. The van der Waals surface area contributed by atoms with Gasteiger partial charge in [0, 0.05) is 31.1 Å². The molecule has 1 aromatic heterocycles. The van der Waals surface area contributed by atoms with Gasteiger partial charge in [0.2, 0.25) is 0 Å². The van der Waals surface area contributed by atoms with Crippen molar-refractivity contribution in [2.24, 2.45) is 5.73 Å². The van der Waals surface area contributed by atoms with Crippen molar-refractivity contribution in [2.75, 3.05) is 18.6 Å². The lowest BCUT2D eigenvalue weighted by Gasteiger charge is -2.26. The van der Waals surface area contributed by atoms with E-state index in [1.807, 2.05) is 0 Å². The third-order valence-corrected chi connectivity index (χ3v) is 4.10. The van der Waals surface area contributed by atoms with Crippen LogP contribution in [-0.2, 0) is 17.9 Å². The lowest BCUT2D eigenvalue weighted by atomic mass is 10.2. The summed E-state index contributed by atoms with van der Waals surface area (Å²) < 4.78 is 5.15. The highest BCUT2D eigenvalue weighted by atomic mass is 32.1. The molecule has 1 atom stereocenters. The van der Waals surface area contributed by atoms with Gasteiger partial charge in [-0.1, -0.05) is 6.92 Å². The van der Waals surface area contributed by atoms with E-state index in [4.69, 9.17) is 10.5 Å². The Morgan fingerprint density at radius 3 is 2.65 bits per heavy atom. The van der Waals surface area contributed by atoms with E-state index in [2.05, 4.69) is 30.7 Å². The molecule has 0 spiro atoms. The van der Waals surface area contributed by atoms with Crippen molar-refractivity contribution in [2.45, 2.75) is 46.4 Å². The second kappa shape index (κ2) is 6.93. The normalized spacial score (nSPS) is 12.8. The molecule has 0 aliphatic heterocycles. The highest BCUT2D eigenvalue weighted by Crippen LogP contribution is 2.28.